The van der Waals surface area contributed by atoms with Crippen LogP contribution in [0.15, 0.2) is 66.7 Å². The monoisotopic (exact) mass is 425 g/mol. The fourth-order valence-corrected chi connectivity index (χ4v) is 4.13. The standard InChI is InChI=1S/C25H23N5O2/c1-25(2)14-20-18(21(31)15-25)13-19-22(24(32)28-27-16-9-5-3-6-10-16)29-30(23(19)26-20)17-11-7-4-8-12-17/h3-13,27H,14-15H2,1-2H3,(H,28,32). The number of nitrogens with zero attached hydrogens (tertiary/aromatic N) is 3. The summed E-state index contributed by atoms with van der Waals surface area (Å²) in [6.07, 6.45) is 1.15. The summed E-state index contributed by atoms with van der Waals surface area (Å²) in [4.78, 5) is 30.7. The molecule has 7 nitrogen and oxygen atoms in total. The fraction of sp³-hybridized carbons (Fsp3) is 0.200. The van der Waals surface area contributed by atoms with Gasteiger partial charge in [-0.15, -0.1) is 0 Å². The minimum atomic E-state index is -0.404. The number of carbonyl (C=O) groups is 2. The van der Waals surface area contributed by atoms with E-state index in [9.17, 15) is 9.59 Å². The maximum atomic E-state index is 13.1. The van der Waals surface area contributed by atoms with Crippen LogP contribution < -0.4 is 10.9 Å². The molecule has 0 fully saturated rings. The number of aromatic nitrogens is 3. The highest BCUT2D eigenvalue weighted by Crippen LogP contribution is 2.36. The van der Waals surface area contributed by atoms with Gasteiger partial charge in [0.15, 0.2) is 17.1 Å². The van der Waals surface area contributed by atoms with Crippen molar-refractivity contribution in [2.75, 3.05) is 5.43 Å². The zero-order valence-corrected chi connectivity index (χ0v) is 17.9. The molecule has 2 aromatic heterocycles. The van der Waals surface area contributed by atoms with Gasteiger partial charge < -0.3 is 0 Å². The van der Waals surface area contributed by atoms with E-state index >= 15 is 0 Å². The van der Waals surface area contributed by atoms with Gasteiger partial charge in [-0.3, -0.25) is 20.4 Å². The number of ketones is 1. The molecule has 160 valence electrons. The summed E-state index contributed by atoms with van der Waals surface area (Å²) in [7, 11) is 0. The lowest BCUT2D eigenvalue weighted by molar-refractivity contribution is 0.0908. The number of carbonyl (C=O) groups excluding carboxylic acids is 2. The largest absolute Gasteiger partial charge is 0.298 e. The van der Waals surface area contributed by atoms with Crippen molar-refractivity contribution in [3.63, 3.8) is 0 Å². The van der Waals surface area contributed by atoms with E-state index in [4.69, 9.17) is 4.98 Å². The van der Waals surface area contributed by atoms with Gasteiger partial charge in [-0.1, -0.05) is 50.2 Å². The Kier molecular flexibility index (Phi) is 4.74. The van der Waals surface area contributed by atoms with Gasteiger partial charge in [0, 0.05) is 12.0 Å². The Hall–Kier alpha value is -4.00. The fourth-order valence-electron chi connectivity index (χ4n) is 4.13. The second-order valence-electron chi connectivity index (χ2n) is 8.84. The molecule has 0 radical (unpaired) electrons. The van der Waals surface area contributed by atoms with Gasteiger partial charge in [0.1, 0.15) is 0 Å². The Morgan fingerprint density at radius 1 is 1.00 bits per heavy atom. The van der Waals surface area contributed by atoms with Crippen LogP contribution >= 0.6 is 0 Å². The normalized spacial score (nSPS) is 14.8. The second-order valence-corrected chi connectivity index (χ2v) is 8.84. The SMILES string of the molecule is CC1(C)CC(=O)c2cc3c(C(=O)NNc4ccccc4)nn(-c4ccccc4)c3nc2C1. The number of hydrogen-bond donors (Lipinski definition) is 2. The molecule has 1 aliphatic carbocycles. The number of amides is 1. The lowest BCUT2D eigenvalue weighted by atomic mass is 9.75. The summed E-state index contributed by atoms with van der Waals surface area (Å²) < 4.78 is 1.67. The van der Waals surface area contributed by atoms with Crippen LogP contribution in [0.1, 0.15) is 46.8 Å². The van der Waals surface area contributed by atoms with E-state index in [1.807, 2.05) is 60.7 Å². The molecule has 32 heavy (non-hydrogen) atoms. The summed E-state index contributed by atoms with van der Waals surface area (Å²) in [6, 6.07) is 20.7. The number of pyridine rings is 1. The minimum absolute atomic E-state index is 0.0480. The van der Waals surface area contributed by atoms with E-state index in [0.29, 0.717) is 29.4 Å². The number of Topliss-reactive ketones (excluding diaryl/α,β-unsaturated/α-hetero) is 1. The quantitative estimate of drug-likeness (QED) is 0.475. The third-order valence-electron chi connectivity index (χ3n) is 5.63. The Morgan fingerprint density at radius 2 is 1.69 bits per heavy atom. The number of hydrogen-bond acceptors (Lipinski definition) is 5. The molecule has 0 spiro atoms. The summed E-state index contributed by atoms with van der Waals surface area (Å²) in [5, 5.41) is 5.14. The van der Waals surface area contributed by atoms with E-state index in [2.05, 4.69) is 29.8 Å². The van der Waals surface area contributed by atoms with E-state index in [1.165, 1.54) is 0 Å². The average Bonchev–Trinajstić information content (AvgIpc) is 3.15. The number of hydrazine groups is 1. The molecule has 2 aromatic carbocycles. The lowest BCUT2D eigenvalue weighted by Gasteiger charge is -2.29. The summed E-state index contributed by atoms with van der Waals surface area (Å²) >= 11 is 0. The van der Waals surface area contributed by atoms with Crippen molar-refractivity contribution in [3.8, 4) is 5.69 Å². The van der Waals surface area contributed by atoms with Crippen LogP contribution in [0.2, 0.25) is 0 Å². The number of rotatable bonds is 4. The van der Waals surface area contributed by atoms with E-state index in [1.54, 1.807) is 10.7 Å². The first kappa shape index (κ1) is 19.9. The lowest BCUT2D eigenvalue weighted by Crippen LogP contribution is -2.30. The third-order valence-corrected chi connectivity index (χ3v) is 5.63. The molecule has 5 rings (SSSR count). The molecule has 0 atom stereocenters. The van der Waals surface area contributed by atoms with E-state index in [0.717, 1.165) is 17.1 Å². The van der Waals surface area contributed by atoms with E-state index in [-0.39, 0.29) is 16.9 Å². The van der Waals surface area contributed by atoms with Crippen molar-refractivity contribution in [3.05, 3.63) is 83.7 Å². The van der Waals surface area contributed by atoms with Crippen molar-refractivity contribution >= 4 is 28.4 Å². The molecule has 1 amide bonds. The molecule has 1 aliphatic rings. The maximum Gasteiger partial charge on any atom is 0.290 e. The van der Waals surface area contributed by atoms with Gasteiger partial charge in [0.2, 0.25) is 0 Å². The first-order valence-electron chi connectivity index (χ1n) is 10.5. The van der Waals surface area contributed by atoms with Crippen molar-refractivity contribution in [1.29, 1.82) is 0 Å². The van der Waals surface area contributed by atoms with Crippen molar-refractivity contribution in [2.45, 2.75) is 26.7 Å². The molecule has 7 heteroatoms. The zero-order valence-electron chi connectivity index (χ0n) is 17.9. The molecule has 4 aromatic rings. The van der Waals surface area contributed by atoms with Crippen LogP contribution in [-0.2, 0) is 6.42 Å². The number of anilines is 1. The van der Waals surface area contributed by atoms with Crippen molar-refractivity contribution in [1.82, 2.24) is 20.2 Å². The Labute approximate surface area is 185 Å². The summed E-state index contributed by atoms with van der Waals surface area (Å²) in [5.74, 6) is -0.356. The predicted molar refractivity (Wildman–Crippen MR) is 123 cm³/mol. The van der Waals surface area contributed by atoms with Crippen LogP contribution in [0, 0.1) is 5.41 Å². The summed E-state index contributed by atoms with van der Waals surface area (Å²) in [6.45, 7) is 4.14. The van der Waals surface area contributed by atoms with Crippen LogP contribution in [0.25, 0.3) is 16.7 Å². The Bertz CT molecular complexity index is 1330. The molecular weight excluding hydrogens is 402 g/mol. The predicted octanol–water partition coefficient (Wildman–Crippen LogP) is 4.33. The van der Waals surface area contributed by atoms with Gasteiger partial charge in [-0.2, -0.15) is 5.10 Å². The van der Waals surface area contributed by atoms with Crippen molar-refractivity contribution < 1.29 is 9.59 Å². The summed E-state index contributed by atoms with van der Waals surface area (Å²) in [5.41, 5.74) is 9.10. The van der Waals surface area contributed by atoms with Crippen LogP contribution in [0.3, 0.4) is 0 Å². The number of para-hydroxylation sites is 2. The van der Waals surface area contributed by atoms with Crippen LogP contribution in [-0.4, -0.2) is 26.5 Å². The molecular formula is C25H23N5O2. The topological polar surface area (TPSA) is 88.9 Å². The molecule has 0 aliphatic heterocycles. The Balaban J connectivity index is 1.62. The maximum absolute atomic E-state index is 13.1. The molecule has 0 saturated heterocycles. The van der Waals surface area contributed by atoms with Crippen LogP contribution in [0.5, 0.6) is 0 Å². The third kappa shape index (κ3) is 3.62. The van der Waals surface area contributed by atoms with Gasteiger partial charge in [-0.25, -0.2) is 9.67 Å². The molecule has 0 unspecified atom stereocenters. The second kappa shape index (κ2) is 7.60. The van der Waals surface area contributed by atoms with Crippen molar-refractivity contribution in [2.24, 2.45) is 5.41 Å². The van der Waals surface area contributed by atoms with Crippen LogP contribution in [0.4, 0.5) is 5.69 Å². The first-order chi connectivity index (χ1) is 15.4. The molecule has 2 N–H and O–H groups in total. The number of benzene rings is 2. The average molecular weight is 425 g/mol. The minimum Gasteiger partial charge on any atom is -0.298 e. The molecule has 0 bridgehead atoms. The van der Waals surface area contributed by atoms with Gasteiger partial charge >= 0.3 is 0 Å². The van der Waals surface area contributed by atoms with Gasteiger partial charge in [-0.05, 0) is 42.2 Å². The molecule has 0 saturated carbocycles. The molecule has 2 heterocycles. The highest BCUT2D eigenvalue weighted by atomic mass is 16.2. The first-order valence-corrected chi connectivity index (χ1v) is 10.5. The van der Waals surface area contributed by atoms with E-state index < -0.39 is 5.91 Å². The number of fused-ring (bicyclic) bond motifs is 2. The highest BCUT2D eigenvalue weighted by molar-refractivity contribution is 6.08. The smallest absolute Gasteiger partial charge is 0.290 e. The van der Waals surface area contributed by atoms with Gasteiger partial charge in [0.05, 0.1) is 22.5 Å². The zero-order chi connectivity index (χ0) is 22.3. The van der Waals surface area contributed by atoms with Gasteiger partial charge in [0.25, 0.3) is 5.91 Å². The Morgan fingerprint density at radius 3 is 2.41 bits per heavy atom. The number of nitrogens with one attached hydrogen (secondary N) is 2. The highest BCUT2D eigenvalue weighted by Gasteiger charge is 2.33.